The van der Waals surface area contributed by atoms with Crippen LogP contribution >= 0.6 is 0 Å². The number of aliphatic hydroxyl groups is 4. The predicted octanol–water partition coefficient (Wildman–Crippen LogP) is 4.21. The molecule has 5 rings (SSSR count). The highest BCUT2D eigenvalue weighted by molar-refractivity contribution is 5.67. The maximum Gasteiger partial charge on any atom is 0.303 e. The lowest BCUT2D eigenvalue weighted by Crippen LogP contribution is -2.61. The van der Waals surface area contributed by atoms with E-state index in [-0.39, 0.29) is 41.1 Å². The first-order chi connectivity index (χ1) is 22.0. The molecule has 5 aliphatic rings. The Morgan fingerprint density at radius 2 is 1.74 bits per heavy atom. The molecule has 1 heterocycles. The fourth-order valence-corrected chi connectivity index (χ4v) is 10.6. The van der Waals surface area contributed by atoms with Crippen molar-refractivity contribution in [3.63, 3.8) is 0 Å². The van der Waals surface area contributed by atoms with Gasteiger partial charge in [0, 0.05) is 13.8 Å². The summed E-state index contributed by atoms with van der Waals surface area (Å²) in [5.74, 6) is -1.27. The Bertz CT molecular complexity index is 1230. The topological polar surface area (TPSA) is 152 Å². The second-order valence-corrected chi connectivity index (χ2v) is 16.1. The lowest BCUT2D eigenvalue weighted by molar-refractivity contribution is -0.313. The largest absolute Gasteiger partial charge is 0.455 e. The molecule has 4 fully saturated rings. The zero-order valence-electron chi connectivity index (χ0n) is 29.4. The van der Waals surface area contributed by atoms with Crippen LogP contribution in [0.3, 0.4) is 0 Å². The van der Waals surface area contributed by atoms with Crippen LogP contribution in [0.25, 0.3) is 0 Å². The Kier molecular flexibility index (Phi) is 10.7. The molecule has 0 unspecified atom stereocenters. The summed E-state index contributed by atoms with van der Waals surface area (Å²) in [7, 11) is 0. The van der Waals surface area contributed by atoms with E-state index in [1.807, 2.05) is 19.9 Å². The summed E-state index contributed by atoms with van der Waals surface area (Å²) >= 11 is 0. The van der Waals surface area contributed by atoms with Crippen molar-refractivity contribution in [1.29, 1.82) is 0 Å². The van der Waals surface area contributed by atoms with Crippen LogP contribution < -0.4 is 0 Å². The highest BCUT2D eigenvalue weighted by Gasteiger charge is 2.66. The third kappa shape index (κ3) is 6.84. The summed E-state index contributed by atoms with van der Waals surface area (Å²) in [5, 5.41) is 45.1. The van der Waals surface area contributed by atoms with Crippen LogP contribution in [0, 0.1) is 40.4 Å². The van der Waals surface area contributed by atoms with Gasteiger partial charge in [-0.1, -0.05) is 44.1 Å². The molecule has 0 aromatic rings. The minimum Gasteiger partial charge on any atom is -0.455 e. The van der Waals surface area contributed by atoms with Gasteiger partial charge in [0.2, 0.25) is 0 Å². The summed E-state index contributed by atoms with van der Waals surface area (Å²) in [5.41, 5.74) is 1.80. The molecule has 1 saturated heterocycles. The van der Waals surface area contributed by atoms with Crippen molar-refractivity contribution < 1.29 is 49.0 Å². The van der Waals surface area contributed by atoms with E-state index < -0.39 is 66.4 Å². The summed E-state index contributed by atoms with van der Waals surface area (Å²) < 4.78 is 24.2. The Labute approximate surface area is 279 Å². The van der Waals surface area contributed by atoms with Crippen molar-refractivity contribution in [2.75, 3.05) is 0 Å². The van der Waals surface area contributed by atoms with Crippen LogP contribution in [0.5, 0.6) is 0 Å². The molecule has 16 atom stereocenters. The van der Waals surface area contributed by atoms with Crippen molar-refractivity contribution in [2.45, 2.75) is 155 Å². The SMILES string of the molecule is CC(=O)O[C@@H]1[C@@H](O)[C@H](C)O[C@@H](O[C@H]2C[C@H]3[C@@H]4CC=C5C[C@@H](O)CC[C@]5(C)[C@H]4[C@H](O)C[C@]3(C)[C@@H]2[C@H](C)[C@@H](O)CC=C(C)C)[C@@H]1OC(C)=O. The Balaban J connectivity index is 1.52. The van der Waals surface area contributed by atoms with Gasteiger partial charge in [-0.2, -0.15) is 0 Å². The summed E-state index contributed by atoms with van der Waals surface area (Å²) in [6, 6.07) is 0. The Morgan fingerprint density at radius 3 is 2.38 bits per heavy atom. The quantitative estimate of drug-likeness (QED) is 0.220. The molecule has 0 aromatic heterocycles. The van der Waals surface area contributed by atoms with Crippen LogP contribution in [-0.4, -0.2) is 87.5 Å². The number of ether oxygens (including phenoxy) is 4. The number of aliphatic hydroxyl groups excluding tert-OH is 4. The highest BCUT2D eigenvalue weighted by Crippen LogP contribution is 2.68. The van der Waals surface area contributed by atoms with E-state index in [0.29, 0.717) is 25.7 Å². The zero-order chi connectivity index (χ0) is 34.6. The predicted molar refractivity (Wildman–Crippen MR) is 174 cm³/mol. The first-order valence-corrected chi connectivity index (χ1v) is 17.7. The number of carbonyl (C=O) groups excluding carboxylic acids is 2. The number of rotatable bonds is 8. The lowest BCUT2D eigenvalue weighted by Gasteiger charge is -2.60. The van der Waals surface area contributed by atoms with E-state index in [2.05, 4.69) is 26.8 Å². The number of carbonyl (C=O) groups is 2. The first kappa shape index (κ1) is 36.5. The first-order valence-electron chi connectivity index (χ1n) is 17.7. The van der Waals surface area contributed by atoms with Gasteiger partial charge >= 0.3 is 11.9 Å². The van der Waals surface area contributed by atoms with Gasteiger partial charge in [-0.3, -0.25) is 9.59 Å². The molecule has 10 nitrogen and oxygen atoms in total. The number of allylic oxidation sites excluding steroid dienone is 2. The molecule has 1 aliphatic heterocycles. The molecule has 0 amide bonds. The molecular weight excluding hydrogens is 604 g/mol. The number of esters is 2. The second kappa shape index (κ2) is 13.8. The number of hydrogen-bond acceptors (Lipinski definition) is 10. The van der Waals surface area contributed by atoms with Crippen molar-refractivity contribution in [1.82, 2.24) is 0 Å². The van der Waals surface area contributed by atoms with Crippen LogP contribution in [0.1, 0.15) is 100 Å². The second-order valence-electron chi connectivity index (χ2n) is 16.1. The molecule has 0 bridgehead atoms. The van der Waals surface area contributed by atoms with Crippen molar-refractivity contribution in [3.05, 3.63) is 23.3 Å². The van der Waals surface area contributed by atoms with Crippen molar-refractivity contribution >= 4 is 11.9 Å². The fourth-order valence-electron chi connectivity index (χ4n) is 10.6. The number of hydrogen-bond donors (Lipinski definition) is 4. The van der Waals surface area contributed by atoms with Gasteiger partial charge < -0.3 is 39.4 Å². The number of fused-ring (bicyclic) bond motifs is 5. The van der Waals surface area contributed by atoms with Gasteiger partial charge in [0.25, 0.3) is 0 Å². The fraction of sp³-hybridized carbons (Fsp3) is 0.838. The van der Waals surface area contributed by atoms with Gasteiger partial charge in [-0.25, -0.2) is 0 Å². The molecule has 3 saturated carbocycles. The third-order valence-electron chi connectivity index (χ3n) is 12.7. The minimum absolute atomic E-state index is 0.0432. The van der Waals surface area contributed by atoms with E-state index in [1.165, 1.54) is 19.4 Å². The maximum atomic E-state index is 12.3. The Morgan fingerprint density at radius 1 is 1.09 bits per heavy atom. The smallest absolute Gasteiger partial charge is 0.303 e. The van der Waals surface area contributed by atoms with Crippen LogP contribution in [0.4, 0.5) is 0 Å². The average Bonchev–Trinajstić information content (AvgIpc) is 3.26. The summed E-state index contributed by atoms with van der Waals surface area (Å²) in [6.45, 7) is 14.7. The average molecular weight is 663 g/mol. The molecule has 0 spiro atoms. The van der Waals surface area contributed by atoms with Gasteiger partial charge in [-0.05, 0) is 106 Å². The standard InChI is InChI=1S/C37H58O10/c1-18(2)9-12-27(41)19(3)30-29(47-35-34(46-22(6)39)33(45-21(5)38)32(43)20(4)44-35)16-26-25-11-10-23-15-24(40)13-14-36(23,7)31(25)28(42)17-37(26,30)8/h9-10,19-20,24-35,40-43H,11-17H2,1-8H3/t19-,20+,24+,25+,26+,27+,28-,29+,30-,31-,32+,33-,34-,35+,36+,37+/m1/s1. The van der Waals surface area contributed by atoms with Gasteiger partial charge in [-0.15, -0.1) is 0 Å². The molecule has 10 heteroatoms. The normalized spacial score (nSPS) is 45.7. The van der Waals surface area contributed by atoms with E-state index >= 15 is 0 Å². The maximum absolute atomic E-state index is 12.3. The van der Waals surface area contributed by atoms with Gasteiger partial charge in [0.1, 0.15) is 6.10 Å². The van der Waals surface area contributed by atoms with E-state index in [9.17, 15) is 30.0 Å². The van der Waals surface area contributed by atoms with Crippen LogP contribution in [0.15, 0.2) is 23.3 Å². The molecule has 266 valence electrons. The molecule has 0 radical (unpaired) electrons. The van der Waals surface area contributed by atoms with Crippen molar-refractivity contribution in [2.24, 2.45) is 40.4 Å². The third-order valence-corrected chi connectivity index (χ3v) is 12.7. The van der Waals surface area contributed by atoms with Crippen LogP contribution in [-0.2, 0) is 28.5 Å². The van der Waals surface area contributed by atoms with Crippen molar-refractivity contribution in [3.8, 4) is 0 Å². The van der Waals surface area contributed by atoms with E-state index in [0.717, 1.165) is 24.8 Å². The Hall–Kier alpha value is -1.82. The van der Waals surface area contributed by atoms with Crippen LogP contribution in [0.2, 0.25) is 0 Å². The summed E-state index contributed by atoms with van der Waals surface area (Å²) in [4.78, 5) is 24.3. The van der Waals surface area contributed by atoms with Gasteiger partial charge in [0.05, 0.1) is 30.5 Å². The lowest BCUT2D eigenvalue weighted by atomic mass is 9.46. The zero-order valence-corrected chi connectivity index (χ0v) is 29.4. The molecule has 4 aliphatic carbocycles. The molecule has 0 aromatic carbocycles. The molecular formula is C37H58O10. The molecule has 47 heavy (non-hydrogen) atoms. The monoisotopic (exact) mass is 662 g/mol. The van der Waals surface area contributed by atoms with E-state index in [1.54, 1.807) is 6.92 Å². The van der Waals surface area contributed by atoms with E-state index in [4.69, 9.17) is 18.9 Å². The summed E-state index contributed by atoms with van der Waals surface area (Å²) in [6.07, 6.45) is 1.54. The minimum atomic E-state index is -1.23. The molecule has 4 N–H and O–H groups in total. The van der Waals surface area contributed by atoms with Gasteiger partial charge in [0.15, 0.2) is 18.5 Å². The highest BCUT2D eigenvalue weighted by atomic mass is 16.7.